The number of carbonyl (C=O) groups is 1. The second-order valence-electron chi connectivity index (χ2n) is 8.50. The minimum absolute atomic E-state index is 0.142. The maximum atomic E-state index is 12.8. The van der Waals surface area contributed by atoms with E-state index in [-0.39, 0.29) is 17.3 Å². The summed E-state index contributed by atoms with van der Waals surface area (Å²) in [6.07, 6.45) is 2.92. The molecule has 32 heavy (non-hydrogen) atoms. The number of piperazine rings is 1. The Bertz CT molecular complexity index is 1150. The summed E-state index contributed by atoms with van der Waals surface area (Å²) >= 11 is 7.38. The van der Waals surface area contributed by atoms with E-state index in [4.69, 9.17) is 11.6 Å². The lowest BCUT2D eigenvalue weighted by molar-refractivity contribution is -0.895. The van der Waals surface area contributed by atoms with Gasteiger partial charge in [-0.1, -0.05) is 18.5 Å². The van der Waals surface area contributed by atoms with Crippen molar-refractivity contribution >= 4 is 43.9 Å². The summed E-state index contributed by atoms with van der Waals surface area (Å²) in [5.41, 5.74) is 1.71. The number of thiophene rings is 1. The molecule has 1 saturated heterocycles. The summed E-state index contributed by atoms with van der Waals surface area (Å²) in [6, 6.07) is 8.44. The van der Waals surface area contributed by atoms with E-state index in [1.165, 1.54) is 32.7 Å². The average Bonchev–Trinajstić information content (AvgIpc) is 3.10. The van der Waals surface area contributed by atoms with Gasteiger partial charge < -0.3 is 10.2 Å². The van der Waals surface area contributed by atoms with Gasteiger partial charge in [0.05, 0.1) is 36.6 Å². The van der Waals surface area contributed by atoms with E-state index in [1.54, 1.807) is 12.1 Å². The molecule has 1 fully saturated rings. The van der Waals surface area contributed by atoms with Crippen LogP contribution in [0.3, 0.4) is 0 Å². The molecule has 7 nitrogen and oxygen atoms in total. The molecule has 170 valence electrons. The van der Waals surface area contributed by atoms with Gasteiger partial charge in [0.1, 0.15) is 11.1 Å². The van der Waals surface area contributed by atoms with Crippen LogP contribution < -0.4 is 10.2 Å². The maximum Gasteiger partial charge on any atom is 0.280 e. The Hall–Kier alpha value is -1.96. The van der Waals surface area contributed by atoms with Gasteiger partial charge in [0.15, 0.2) is 6.54 Å². The molecular weight excluding hydrogens is 468 g/mol. The highest BCUT2D eigenvalue weighted by Gasteiger charge is 2.31. The third-order valence-electron chi connectivity index (χ3n) is 6.17. The molecule has 1 aliphatic carbocycles. The van der Waals surface area contributed by atoms with Gasteiger partial charge in [-0.05, 0) is 55.0 Å². The number of fused-ring (bicyclic) bond motifs is 1. The fourth-order valence-corrected chi connectivity index (χ4v) is 7.28. The minimum Gasteiger partial charge on any atom is -0.325 e. The number of rotatable bonds is 5. The highest BCUT2D eigenvalue weighted by atomic mass is 35.5. The molecule has 2 N–H and O–H groups in total. The maximum absolute atomic E-state index is 12.8. The number of anilines is 1. The number of hydrogen-bond acceptors (Lipinski definition) is 5. The molecule has 1 aliphatic heterocycles. The number of halogens is 1. The van der Waals surface area contributed by atoms with Crippen LogP contribution in [0.25, 0.3) is 0 Å². The molecule has 1 aromatic carbocycles. The third kappa shape index (κ3) is 4.85. The zero-order chi connectivity index (χ0) is 22.9. The molecule has 4 rings (SSSR count). The topological polar surface area (TPSA) is 94.7 Å². The molecule has 2 aliphatic rings. The van der Waals surface area contributed by atoms with E-state index in [0.717, 1.165) is 29.7 Å². The molecule has 10 heteroatoms. The summed E-state index contributed by atoms with van der Waals surface area (Å²) < 4.78 is 27.1. The third-order valence-corrected chi connectivity index (χ3v) is 9.50. The minimum atomic E-state index is -3.57. The standard InChI is InChI=1S/C22H25ClN4O3S2/c1-15-2-7-18-19(13-24)22(31-20(18)12-15)25-21(28)14-26-8-10-27(11-9-26)32(29,30)17-5-3-16(23)4-6-17/h3-6,15H,2,7-12,14H2,1H3,(H,25,28)/p+1/t15-/m1/s1. The molecule has 1 aromatic heterocycles. The van der Waals surface area contributed by atoms with Crippen LogP contribution in [0.5, 0.6) is 0 Å². The van der Waals surface area contributed by atoms with Gasteiger partial charge in [-0.15, -0.1) is 11.3 Å². The zero-order valence-electron chi connectivity index (χ0n) is 17.9. The molecule has 2 aromatic rings. The van der Waals surface area contributed by atoms with Crippen LogP contribution in [0.1, 0.15) is 29.3 Å². The van der Waals surface area contributed by atoms with Gasteiger partial charge in [-0.2, -0.15) is 9.57 Å². The van der Waals surface area contributed by atoms with Crippen molar-refractivity contribution in [1.29, 1.82) is 5.26 Å². The van der Waals surface area contributed by atoms with Crippen molar-refractivity contribution in [2.75, 3.05) is 38.0 Å². The van der Waals surface area contributed by atoms with E-state index in [9.17, 15) is 18.5 Å². The largest absolute Gasteiger partial charge is 0.325 e. The van der Waals surface area contributed by atoms with Gasteiger partial charge in [-0.3, -0.25) is 4.79 Å². The fourth-order valence-electron chi connectivity index (χ4n) is 4.33. The monoisotopic (exact) mass is 493 g/mol. The van der Waals surface area contributed by atoms with E-state index >= 15 is 0 Å². The van der Waals surface area contributed by atoms with Crippen LogP contribution in [-0.2, 0) is 27.7 Å². The van der Waals surface area contributed by atoms with Crippen molar-refractivity contribution in [3.8, 4) is 6.07 Å². The van der Waals surface area contributed by atoms with Crippen LogP contribution in [0.2, 0.25) is 5.02 Å². The van der Waals surface area contributed by atoms with E-state index < -0.39 is 10.0 Å². The molecule has 0 radical (unpaired) electrons. The molecule has 1 amide bonds. The second-order valence-corrected chi connectivity index (χ2v) is 12.0. The first-order valence-corrected chi connectivity index (χ1v) is 13.3. The SMILES string of the molecule is C[C@@H]1CCc2c(sc(NC(=O)C[NH+]3CCN(S(=O)(=O)c4ccc(Cl)cc4)CC3)c2C#N)C1. The molecule has 2 heterocycles. The van der Waals surface area contributed by atoms with Gasteiger partial charge >= 0.3 is 0 Å². The van der Waals surface area contributed by atoms with E-state index in [2.05, 4.69) is 18.3 Å². The Morgan fingerprint density at radius 1 is 1.31 bits per heavy atom. The summed E-state index contributed by atoms with van der Waals surface area (Å²) in [5.74, 6) is 0.457. The zero-order valence-corrected chi connectivity index (χ0v) is 20.2. The van der Waals surface area contributed by atoms with Crippen molar-refractivity contribution in [2.45, 2.75) is 31.1 Å². The number of carbonyl (C=O) groups excluding carboxylic acids is 1. The summed E-state index contributed by atoms with van der Waals surface area (Å²) in [5, 5.41) is 13.7. The van der Waals surface area contributed by atoms with Crippen LogP contribution in [-0.4, -0.2) is 51.4 Å². The van der Waals surface area contributed by atoms with Crippen LogP contribution >= 0.6 is 22.9 Å². The lowest BCUT2D eigenvalue weighted by Crippen LogP contribution is -3.15. The van der Waals surface area contributed by atoms with E-state index in [0.29, 0.717) is 47.7 Å². The first kappa shape index (κ1) is 23.2. The van der Waals surface area contributed by atoms with Gasteiger partial charge in [0.2, 0.25) is 10.0 Å². The van der Waals surface area contributed by atoms with Gasteiger partial charge in [0.25, 0.3) is 5.91 Å². The Balaban J connectivity index is 1.34. The number of quaternary nitrogens is 1. The van der Waals surface area contributed by atoms with Crippen molar-refractivity contribution in [3.05, 3.63) is 45.3 Å². The van der Waals surface area contributed by atoms with Crippen molar-refractivity contribution < 1.29 is 18.1 Å². The predicted octanol–water partition coefficient (Wildman–Crippen LogP) is 1.93. The molecule has 0 unspecified atom stereocenters. The number of nitrogens with zero attached hydrogens (tertiary/aromatic N) is 2. The smallest absolute Gasteiger partial charge is 0.280 e. The molecular formula is C22H26ClN4O3S2+. The predicted molar refractivity (Wildman–Crippen MR) is 125 cm³/mol. The number of nitrogens with one attached hydrogen (secondary N) is 2. The highest BCUT2D eigenvalue weighted by Crippen LogP contribution is 2.39. The summed E-state index contributed by atoms with van der Waals surface area (Å²) in [4.78, 5) is 15.1. The summed E-state index contributed by atoms with van der Waals surface area (Å²) in [7, 11) is -3.57. The van der Waals surface area contributed by atoms with Crippen molar-refractivity contribution in [2.24, 2.45) is 5.92 Å². The van der Waals surface area contributed by atoms with Crippen molar-refractivity contribution in [1.82, 2.24) is 4.31 Å². The first-order valence-electron chi connectivity index (χ1n) is 10.7. The first-order chi connectivity index (χ1) is 15.3. The van der Waals surface area contributed by atoms with E-state index in [1.807, 2.05) is 0 Å². The van der Waals surface area contributed by atoms with Gasteiger partial charge in [0, 0.05) is 9.90 Å². The lowest BCUT2D eigenvalue weighted by atomic mass is 9.89. The number of amides is 1. The normalized spacial score (nSPS) is 19.8. The van der Waals surface area contributed by atoms with Crippen LogP contribution in [0.4, 0.5) is 5.00 Å². The lowest BCUT2D eigenvalue weighted by Gasteiger charge is -2.31. The fraction of sp³-hybridized carbons (Fsp3) is 0.455. The summed E-state index contributed by atoms with van der Waals surface area (Å²) in [6.45, 7) is 4.25. The van der Waals surface area contributed by atoms with Crippen molar-refractivity contribution in [3.63, 3.8) is 0 Å². The molecule has 0 bridgehead atoms. The second kappa shape index (κ2) is 9.49. The van der Waals surface area contributed by atoms with Crippen LogP contribution in [0.15, 0.2) is 29.2 Å². The highest BCUT2D eigenvalue weighted by molar-refractivity contribution is 7.89. The Labute approximate surface area is 197 Å². The number of sulfonamides is 1. The van der Waals surface area contributed by atoms with Crippen LogP contribution in [0, 0.1) is 17.2 Å². The number of benzene rings is 1. The Morgan fingerprint density at radius 2 is 2.00 bits per heavy atom. The molecule has 0 spiro atoms. The number of hydrogen-bond donors (Lipinski definition) is 2. The Morgan fingerprint density at radius 3 is 2.66 bits per heavy atom. The number of nitriles is 1. The van der Waals surface area contributed by atoms with Gasteiger partial charge in [-0.25, -0.2) is 8.42 Å². The quantitative estimate of drug-likeness (QED) is 0.665. The molecule has 1 atom stereocenters. The average molecular weight is 494 g/mol. The molecule has 0 saturated carbocycles. The Kier molecular flexibility index (Phi) is 6.89.